The first-order chi connectivity index (χ1) is 16.4. The first-order valence-electron chi connectivity index (χ1n) is 11.5. The maximum Gasteiger partial charge on any atom is 0.194 e. The van der Waals surface area contributed by atoms with Crippen molar-refractivity contribution in [2.24, 2.45) is 0 Å². The Morgan fingerprint density at radius 3 is 1.82 bits per heavy atom. The highest BCUT2D eigenvalue weighted by Crippen LogP contribution is 2.25. The third kappa shape index (κ3) is 5.56. The van der Waals surface area contributed by atoms with Crippen molar-refractivity contribution >= 4 is 10.8 Å². The summed E-state index contributed by atoms with van der Waals surface area (Å²) in [6.45, 7) is 3.76. The first-order valence-corrected chi connectivity index (χ1v) is 11.5. The molecule has 0 fully saturated rings. The molecule has 0 amide bonds. The smallest absolute Gasteiger partial charge is 0.194 e. The van der Waals surface area contributed by atoms with E-state index < -0.39 is 17.5 Å². The fraction of sp³-hybridized carbons (Fsp3) is 0.200. The summed E-state index contributed by atoms with van der Waals surface area (Å²) in [6.07, 6.45) is 6.12. The van der Waals surface area contributed by atoms with Gasteiger partial charge in [0.05, 0.1) is 0 Å². The van der Waals surface area contributed by atoms with E-state index in [9.17, 15) is 13.2 Å². The molecule has 4 aromatic rings. The molecule has 4 aromatic carbocycles. The van der Waals surface area contributed by atoms with Crippen LogP contribution in [-0.2, 0) is 32.1 Å². The number of allylic oxidation sites excluding steroid dienone is 1. The maximum absolute atomic E-state index is 15.1. The van der Waals surface area contributed by atoms with E-state index in [0.29, 0.717) is 16.5 Å². The molecule has 0 spiro atoms. The molecule has 0 unspecified atom stereocenters. The number of hydrogen-bond acceptors (Lipinski definition) is 0. The summed E-state index contributed by atoms with van der Waals surface area (Å²) in [5.74, 6) is -4.28. The zero-order valence-corrected chi connectivity index (χ0v) is 18.9. The lowest BCUT2D eigenvalue weighted by Gasteiger charge is -2.10. The summed E-state index contributed by atoms with van der Waals surface area (Å²) in [6, 6.07) is 19.9. The van der Waals surface area contributed by atoms with Crippen LogP contribution in [0.5, 0.6) is 0 Å². The van der Waals surface area contributed by atoms with Gasteiger partial charge in [-0.25, -0.2) is 17.6 Å². The Hall–Kier alpha value is -3.40. The van der Waals surface area contributed by atoms with Crippen molar-refractivity contribution in [2.45, 2.75) is 38.5 Å². The van der Waals surface area contributed by atoms with Gasteiger partial charge in [-0.1, -0.05) is 60.7 Å². The van der Waals surface area contributed by atoms with Crippen LogP contribution < -0.4 is 0 Å². The largest absolute Gasteiger partial charge is 0.206 e. The van der Waals surface area contributed by atoms with E-state index in [1.54, 1.807) is 12.1 Å². The monoisotopic (exact) mass is 462 g/mol. The molecule has 0 atom stereocenters. The van der Waals surface area contributed by atoms with Gasteiger partial charge in [-0.05, 0) is 83.9 Å². The van der Waals surface area contributed by atoms with Crippen LogP contribution >= 0.6 is 0 Å². The van der Waals surface area contributed by atoms with Crippen LogP contribution in [0.25, 0.3) is 10.8 Å². The molecule has 4 heteroatoms. The Kier molecular flexibility index (Phi) is 7.46. The zero-order chi connectivity index (χ0) is 24.1. The fourth-order valence-corrected chi connectivity index (χ4v) is 4.20. The van der Waals surface area contributed by atoms with Crippen molar-refractivity contribution in [1.82, 2.24) is 0 Å². The van der Waals surface area contributed by atoms with Crippen molar-refractivity contribution in [1.29, 1.82) is 0 Å². The molecule has 0 aromatic heterocycles. The quantitative estimate of drug-likeness (QED) is 0.134. The number of aryl methyl sites for hydroxylation is 5. The van der Waals surface area contributed by atoms with Crippen LogP contribution in [0.4, 0.5) is 17.6 Å². The highest BCUT2D eigenvalue weighted by Gasteiger charge is 2.12. The molecule has 0 nitrogen and oxygen atoms in total. The predicted octanol–water partition coefficient (Wildman–Crippen LogP) is 8.09. The van der Waals surface area contributed by atoms with E-state index >= 15 is 4.39 Å². The molecule has 0 bridgehead atoms. The second kappa shape index (κ2) is 10.7. The van der Waals surface area contributed by atoms with Gasteiger partial charge in [-0.2, -0.15) is 0 Å². The van der Waals surface area contributed by atoms with Gasteiger partial charge in [-0.3, -0.25) is 0 Å². The molecule has 0 aliphatic rings. The van der Waals surface area contributed by atoms with Crippen LogP contribution in [0, 0.1) is 23.3 Å². The lowest BCUT2D eigenvalue weighted by molar-refractivity contribution is 0.445. The molecule has 0 saturated carbocycles. The second-order valence-electron chi connectivity index (χ2n) is 8.61. The van der Waals surface area contributed by atoms with Gasteiger partial charge in [0.2, 0.25) is 0 Å². The van der Waals surface area contributed by atoms with Gasteiger partial charge < -0.3 is 0 Å². The number of benzene rings is 4. The number of hydrogen-bond donors (Lipinski definition) is 0. The predicted molar refractivity (Wildman–Crippen MR) is 130 cm³/mol. The molecule has 0 aliphatic carbocycles. The minimum Gasteiger partial charge on any atom is -0.206 e. The summed E-state index contributed by atoms with van der Waals surface area (Å²) >= 11 is 0. The Bertz CT molecular complexity index is 1280. The van der Waals surface area contributed by atoms with Crippen molar-refractivity contribution in [3.63, 3.8) is 0 Å². The SMILES string of the molecule is C=CCCc1ccc(CCc2ccc3c(F)c(CCc4cc(F)c(F)c(F)c4)ccc3c2)cc1. The molecule has 0 N–H and O–H groups in total. The summed E-state index contributed by atoms with van der Waals surface area (Å²) in [4.78, 5) is 0. The molecule has 0 radical (unpaired) electrons. The maximum atomic E-state index is 15.1. The molecular weight excluding hydrogens is 436 g/mol. The van der Waals surface area contributed by atoms with Gasteiger partial charge in [0.1, 0.15) is 5.82 Å². The topological polar surface area (TPSA) is 0 Å². The minimum atomic E-state index is -1.49. The Morgan fingerprint density at radius 2 is 1.15 bits per heavy atom. The van der Waals surface area contributed by atoms with E-state index in [2.05, 4.69) is 30.8 Å². The molecule has 0 heterocycles. The third-order valence-electron chi connectivity index (χ3n) is 6.19. The number of halogens is 4. The normalized spacial score (nSPS) is 11.2. The Morgan fingerprint density at radius 1 is 0.559 bits per heavy atom. The molecule has 0 aliphatic heterocycles. The van der Waals surface area contributed by atoms with Crippen LogP contribution in [0.1, 0.15) is 34.2 Å². The number of fused-ring (bicyclic) bond motifs is 1. The van der Waals surface area contributed by atoms with Gasteiger partial charge in [0.25, 0.3) is 0 Å². The summed E-state index contributed by atoms with van der Waals surface area (Å²) in [7, 11) is 0. The van der Waals surface area contributed by atoms with Gasteiger partial charge in [-0.15, -0.1) is 6.58 Å². The van der Waals surface area contributed by atoms with Gasteiger partial charge in [0.15, 0.2) is 17.5 Å². The molecule has 4 rings (SSSR count). The van der Waals surface area contributed by atoms with E-state index in [1.165, 1.54) is 11.1 Å². The highest BCUT2D eigenvalue weighted by molar-refractivity contribution is 5.84. The minimum absolute atomic E-state index is 0.209. The molecule has 174 valence electrons. The summed E-state index contributed by atoms with van der Waals surface area (Å²) in [5.41, 5.74) is 4.45. The molecule has 34 heavy (non-hydrogen) atoms. The highest BCUT2D eigenvalue weighted by atomic mass is 19.2. The fourth-order valence-electron chi connectivity index (χ4n) is 4.20. The number of rotatable bonds is 9. The third-order valence-corrected chi connectivity index (χ3v) is 6.19. The van der Waals surface area contributed by atoms with Gasteiger partial charge in [0, 0.05) is 5.39 Å². The zero-order valence-electron chi connectivity index (χ0n) is 18.9. The van der Waals surface area contributed by atoms with Crippen molar-refractivity contribution in [2.75, 3.05) is 0 Å². The van der Waals surface area contributed by atoms with Gasteiger partial charge >= 0.3 is 0 Å². The average molecular weight is 463 g/mol. The van der Waals surface area contributed by atoms with Crippen LogP contribution in [0.3, 0.4) is 0 Å². The lowest BCUT2D eigenvalue weighted by atomic mass is 9.97. The van der Waals surface area contributed by atoms with E-state index in [1.807, 2.05) is 24.3 Å². The average Bonchev–Trinajstić information content (AvgIpc) is 2.85. The Balaban J connectivity index is 1.42. The van der Waals surface area contributed by atoms with Crippen LogP contribution in [0.2, 0.25) is 0 Å². The standard InChI is InChI=1S/C30H26F4/c1-2-3-4-20-5-7-21(8-6-20)9-10-22-12-16-26-25(17-22)15-14-24(29(26)33)13-11-23-18-27(31)30(34)28(32)19-23/h2,5-8,12,14-19H,1,3-4,9-11,13H2. The summed E-state index contributed by atoms with van der Waals surface area (Å²) in [5, 5.41) is 1.33. The summed E-state index contributed by atoms with van der Waals surface area (Å²) < 4.78 is 55.1. The molecule has 0 saturated heterocycles. The second-order valence-corrected chi connectivity index (χ2v) is 8.61. The van der Waals surface area contributed by atoms with E-state index in [4.69, 9.17) is 0 Å². The lowest BCUT2D eigenvalue weighted by Crippen LogP contribution is -1.99. The first kappa shape index (κ1) is 23.7. The van der Waals surface area contributed by atoms with Crippen molar-refractivity contribution in [3.05, 3.63) is 130 Å². The Labute approximate surface area is 197 Å². The van der Waals surface area contributed by atoms with Crippen molar-refractivity contribution < 1.29 is 17.6 Å². The van der Waals surface area contributed by atoms with E-state index in [0.717, 1.165) is 48.8 Å². The molecular formula is C30H26F4. The van der Waals surface area contributed by atoms with Crippen LogP contribution in [0.15, 0.2) is 79.4 Å². The van der Waals surface area contributed by atoms with E-state index in [-0.39, 0.29) is 18.7 Å². The van der Waals surface area contributed by atoms with Crippen LogP contribution in [-0.4, -0.2) is 0 Å². The van der Waals surface area contributed by atoms with Crippen molar-refractivity contribution in [3.8, 4) is 0 Å².